The Balaban J connectivity index is 1.57. The van der Waals surface area contributed by atoms with Gasteiger partial charge in [-0.1, -0.05) is 38.2 Å². The molecule has 2 heterocycles. The Morgan fingerprint density at radius 1 is 1.19 bits per heavy atom. The van der Waals surface area contributed by atoms with Crippen LogP contribution in [-0.4, -0.2) is 46.9 Å². The van der Waals surface area contributed by atoms with E-state index in [0.29, 0.717) is 13.1 Å². The van der Waals surface area contributed by atoms with Gasteiger partial charge in [0.05, 0.1) is 18.2 Å². The van der Waals surface area contributed by atoms with Crippen molar-refractivity contribution in [1.82, 2.24) is 20.5 Å². The number of carbonyl (C=O) groups excluding carboxylic acids is 2. The van der Waals surface area contributed by atoms with E-state index in [1.807, 2.05) is 18.2 Å². The maximum Gasteiger partial charge on any atom is 0.237 e. The fourth-order valence-corrected chi connectivity index (χ4v) is 3.94. The lowest BCUT2D eigenvalue weighted by Crippen LogP contribution is -2.56. The monoisotopic (exact) mass is 358 g/mol. The summed E-state index contributed by atoms with van der Waals surface area (Å²) >= 11 is 0. The van der Waals surface area contributed by atoms with Crippen molar-refractivity contribution in [2.45, 2.75) is 70.0 Å². The van der Waals surface area contributed by atoms with Gasteiger partial charge in [0.2, 0.25) is 11.8 Å². The normalized spacial score (nSPS) is 22.9. The van der Waals surface area contributed by atoms with Gasteiger partial charge in [-0.05, 0) is 25.0 Å². The van der Waals surface area contributed by atoms with E-state index in [4.69, 9.17) is 0 Å². The summed E-state index contributed by atoms with van der Waals surface area (Å²) in [4.78, 5) is 31.4. The molecule has 0 spiro atoms. The predicted octanol–water partition coefficient (Wildman–Crippen LogP) is 2.00. The fraction of sp³-hybridized carbons (Fsp3) is 0.650. The van der Waals surface area contributed by atoms with Crippen molar-refractivity contribution in [3.05, 3.63) is 30.1 Å². The van der Waals surface area contributed by atoms with Crippen molar-refractivity contribution in [3.63, 3.8) is 0 Å². The first kappa shape index (κ1) is 18.8. The average molecular weight is 358 g/mol. The molecule has 1 saturated heterocycles. The van der Waals surface area contributed by atoms with Crippen molar-refractivity contribution in [2.24, 2.45) is 0 Å². The SMILES string of the molecule is O=C(C[C@H]1C(=O)NCCN1Cc1ccccn1)NC1CCCCCCC1. The summed E-state index contributed by atoms with van der Waals surface area (Å²) in [7, 11) is 0. The summed E-state index contributed by atoms with van der Waals surface area (Å²) in [6.07, 6.45) is 10.3. The van der Waals surface area contributed by atoms with Gasteiger partial charge in [0, 0.05) is 31.9 Å². The molecule has 2 fully saturated rings. The molecule has 6 nitrogen and oxygen atoms in total. The minimum absolute atomic E-state index is 0.0105. The molecule has 1 aromatic heterocycles. The van der Waals surface area contributed by atoms with E-state index in [1.54, 1.807) is 6.20 Å². The third-order valence-corrected chi connectivity index (χ3v) is 5.38. The lowest BCUT2D eigenvalue weighted by Gasteiger charge is -2.34. The van der Waals surface area contributed by atoms with Crippen molar-refractivity contribution < 1.29 is 9.59 Å². The Bertz CT molecular complexity index is 585. The van der Waals surface area contributed by atoms with Crippen molar-refractivity contribution in [3.8, 4) is 0 Å². The molecule has 3 rings (SSSR count). The molecular weight excluding hydrogens is 328 g/mol. The molecule has 6 heteroatoms. The Morgan fingerprint density at radius 3 is 2.69 bits per heavy atom. The van der Waals surface area contributed by atoms with E-state index < -0.39 is 6.04 Å². The Hall–Kier alpha value is -1.95. The summed E-state index contributed by atoms with van der Waals surface area (Å²) in [6.45, 7) is 1.95. The summed E-state index contributed by atoms with van der Waals surface area (Å²) in [6, 6.07) is 5.63. The molecule has 142 valence electrons. The van der Waals surface area contributed by atoms with Crippen LogP contribution in [0.25, 0.3) is 0 Å². The van der Waals surface area contributed by atoms with Crippen LogP contribution in [0.5, 0.6) is 0 Å². The zero-order valence-corrected chi connectivity index (χ0v) is 15.5. The number of piperazine rings is 1. The van der Waals surface area contributed by atoms with Crippen LogP contribution < -0.4 is 10.6 Å². The van der Waals surface area contributed by atoms with E-state index >= 15 is 0 Å². The van der Waals surface area contributed by atoms with Crippen LogP contribution in [0.2, 0.25) is 0 Å². The standard InChI is InChI=1S/C20H30N4O2/c25-19(23-16-8-4-2-1-3-5-9-16)14-18-20(26)22-12-13-24(18)15-17-10-6-7-11-21-17/h6-7,10-11,16,18H,1-5,8-9,12-15H2,(H,22,26)(H,23,25)/t18-/m0/s1. The van der Waals surface area contributed by atoms with Gasteiger partial charge in [0.25, 0.3) is 0 Å². The predicted molar refractivity (Wildman–Crippen MR) is 100 cm³/mol. The van der Waals surface area contributed by atoms with E-state index in [2.05, 4.69) is 20.5 Å². The number of pyridine rings is 1. The molecule has 2 N–H and O–H groups in total. The van der Waals surface area contributed by atoms with Crippen molar-refractivity contribution in [2.75, 3.05) is 13.1 Å². The molecular formula is C20H30N4O2. The van der Waals surface area contributed by atoms with E-state index in [1.165, 1.54) is 32.1 Å². The van der Waals surface area contributed by atoms with Gasteiger partial charge in [-0.2, -0.15) is 0 Å². The second kappa shape index (κ2) is 9.67. The highest BCUT2D eigenvalue weighted by molar-refractivity contribution is 5.88. The van der Waals surface area contributed by atoms with E-state index in [-0.39, 0.29) is 24.3 Å². The third kappa shape index (κ3) is 5.53. The van der Waals surface area contributed by atoms with E-state index in [0.717, 1.165) is 25.1 Å². The van der Waals surface area contributed by atoms with Gasteiger partial charge >= 0.3 is 0 Å². The van der Waals surface area contributed by atoms with E-state index in [9.17, 15) is 9.59 Å². The molecule has 0 unspecified atom stereocenters. The molecule has 0 radical (unpaired) electrons. The minimum atomic E-state index is -0.417. The zero-order chi connectivity index (χ0) is 18.2. The quantitative estimate of drug-likeness (QED) is 0.844. The Morgan fingerprint density at radius 2 is 1.96 bits per heavy atom. The molecule has 1 aromatic rings. The summed E-state index contributed by atoms with van der Waals surface area (Å²) in [5.74, 6) is -0.0661. The minimum Gasteiger partial charge on any atom is -0.353 e. The van der Waals surface area contributed by atoms with Gasteiger partial charge in [0.15, 0.2) is 0 Å². The summed E-state index contributed by atoms with van der Waals surface area (Å²) < 4.78 is 0. The van der Waals surface area contributed by atoms with Crippen LogP contribution in [0, 0.1) is 0 Å². The number of hydrogen-bond donors (Lipinski definition) is 2. The maximum atomic E-state index is 12.6. The van der Waals surface area contributed by atoms with Gasteiger partial charge < -0.3 is 10.6 Å². The van der Waals surface area contributed by atoms with Gasteiger partial charge in [-0.25, -0.2) is 0 Å². The number of hydrogen-bond acceptors (Lipinski definition) is 4. The molecule has 2 aliphatic rings. The summed E-state index contributed by atoms with van der Waals surface area (Å²) in [5, 5.41) is 6.07. The van der Waals surface area contributed by atoms with Crippen LogP contribution in [0.3, 0.4) is 0 Å². The number of aromatic nitrogens is 1. The Labute approximate surface area is 155 Å². The van der Waals surface area contributed by atoms with Crippen LogP contribution in [0.1, 0.15) is 57.1 Å². The number of amides is 2. The Kier molecular flexibility index (Phi) is 7.00. The highest BCUT2D eigenvalue weighted by Crippen LogP contribution is 2.18. The smallest absolute Gasteiger partial charge is 0.237 e. The van der Waals surface area contributed by atoms with Gasteiger partial charge in [-0.15, -0.1) is 0 Å². The molecule has 1 saturated carbocycles. The van der Waals surface area contributed by atoms with Crippen molar-refractivity contribution in [1.29, 1.82) is 0 Å². The molecule has 1 atom stereocenters. The zero-order valence-electron chi connectivity index (χ0n) is 15.5. The third-order valence-electron chi connectivity index (χ3n) is 5.38. The number of nitrogens with zero attached hydrogens (tertiary/aromatic N) is 2. The number of rotatable bonds is 5. The largest absolute Gasteiger partial charge is 0.353 e. The lowest BCUT2D eigenvalue weighted by atomic mass is 9.96. The van der Waals surface area contributed by atoms with Crippen LogP contribution in [-0.2, 0) is 16.1 Å². The first-order valence-electron chi connectivity index (χ1n) is 9.93. The highest BCUT2D eigenvalue weighted by Gasteiger charge is 2.32. The molecule has 2 amide bonds. The maximum absolute atomic E-state index is 12.6. The van der Waals surface area contributed by atoms with Gasteiger partial charge in [0.1, 0.15) is 0 Å². The molecule has 1 aliphatic carbocycles. The average Bonchev–Trinajstić information content (AvgIpc) is 2.61. The number of nitrogens with one attached hydrogen (secondary N) is 2. The second-order valence-corrected chi connectivity index (χ2v) is 7.41. The van der Waals surface area contributed by atoms with Crippen LogP contribution in [0.4, 0.5) is 0 Å². The highest BCUT2D eigenvalue weighted by atomic mass is 16.2. The summed E-state index contributed by atoms with van der Waals surface area (Å²) in [5.41, 5.74) is 0.924. The molecule has 0 bridgehead atoms. The second-order valence-electron chi connectivity index (χ2n) is 7.41. The molecule has 26 heavy (non-hydrogen) atoms. The molecule has 1 aliphatic heterocycles. The lowest BCUT2D eigenvalue weighted by molar-refractivity contribution is -0.134. The van der Waals surface area contributed by atoms with Gasteiger partial charge in [-0.3, -0.25) is 19.5 Å². The molecule has 0 aromatic carbocycles. The number of carbonyl (C=O) groups is 2. The first-order valence-corrected chi connectivity index (χ1v) is 9.93. The fourth-order valence-electron chi connectivity index (χ4n) is 3.94. The van der Waals surface area contributed by atoms with Crippen LogP contribution >= 0.6 is 0 Å². The van der Waals surface area contributed by atoms with Crippen LogP contribution in [0.15, 0.2) is 24.4 Å². The first-order chi connectivity index (χ1) is 12.7. The van der Waals surface area contributed by atoms with Crippen molar-refractivity contribution >= 4 is 11.8 Å². The topological polar surface area (TPSA) is 74.3 Å².